The molecule has 0 bridgehead atoms. The van der Waals surface area contributed by atoms with E-state index >= 15 is 0 Å². The Morgan fingerprint density at radius 2 is 2.04 bits per heavy atom. The topological polar surface area (TPSA) is 110 Å². The van der Waals surface area contributed by atoms with Gasteiger partial charge in [-0.05, 0) is 44.4 Å². The summed E-state index contributed by atoms with van der Waals surface area (Å²) >= 11 is 1.20. The second-order valence-corrected chi connectivity index (χ2v) is 11.0. The maximum atomic E-state index is 12.6. The van der Waals surface area contributed by atoms with Gasteiger partial charge in [0.1, 0.15) is 4.21 Å². The molecule has 0 aliphatic carbocycles. The normalized spacial score (nSPS) is 19.3. The fourth-order valence-electron chi connectivity index (χ4n) is 2.40. The zero-order valence-corrected chi connectivity index (χ0v) is 16.7. The molecular weight excluding hydrogens is 394 g/mol. The lowest BCUT2D eigenvalue weighted by molar-refractivity contribution is 0.460. The average Bonchev–Trinajstić information content (AvgIpc) is 3.16. The number of nitrogens with two attached hydrogens (primary N) is 1. The Morgan fingerprint density at radius 3 is 2.62 bits per heavy atom. The quantitative estimate of drug-likeness (QED) is 0.644. The number of halogens is 1. The summed E-state index contributed by atoms with van der Waals surface area (Å²) in [5.41, 5.74) is 5.61. The van der Waals surface area contributed by atoms with Gasteiger partial charge in [-0.3, -0.25) is 0 Å². The summed E-state index contributed by atoms with van der Waals surface area (Å²) < 4.78 is 52.2. The van der Waals surface area contributed by atoms with E-state index in [9.17, 15) is 16.8 Å². The van der Waals surface area contributed by atoms with Crippen LogP contribution in [0.1, 0.15) is 18.2 Å². The van der Waals surface area contributed by atoms with E-state index in [1.165, 1.54) is 15.6 Å². The molecule has 2 rings (SSSR count). The van der Waals surface area contributed by atoms with Crippen molar-refractivity contribution in [1.29, 1.82) is 0 Å². The van der Waals surface area contributed by atoms with Crippen LogP contribution in [-0.4, -0.2) is 53.1 Å². The molecule has 24 heavy (non-hydrogen) atoms. The maximum absolute atomic E-state index is 12.6. The summed E-state index contributed by atoms with van der Waals surface area (Å²) in [7, 11) is -6.68. The van der Waals surface area contributed by atoms with Crippen LogP contribution in [0.5, 0.6) is 0 Å². The van der Waals surface area contributed by atoms with Gasteiger partial charge in [-0.1, -0.05) is 0 Å². The Kier molecular flexibility index (Phi) is 8.11. The molecule has 1 aromatic heterocycles. The number of hydrogen-bond donors (Lipinski definition) is 2. The van der Waals surface area contributed by atoms with Gasteiger partial charge in [0.05, 0.1) is 5.75 Å². The van der Waals surface area contributed by atoms with E-state index < -0.39 is 20.0 Å². The summed E-state index contributed by atoms with van der Waals surface area (Å²) in [6.07, 6.45) is 1.28. The van der Waals surface area contributed by atoms with Gasteiger partial charge in [0.25, 0.3) is 10.0 Å². The molecule has 1 aliphatic heterocycles. The molecule has 7 nitrogen and oxygen atoms in total. The summed E-state index contributed by atoms with van der Waals surface area (Å²) in [6, 6.07) is 3.34. The molecule has 11 heteroatoms. The van der Waals surface area contributed by atoms with Crippen LogP contribution in [0.15, 0.2) is 16.3 Å². The molecule has 1 atom stereocenters. The highest BCUT2D eigenvalue weighted by Crippen LogP contribution is 2.28. The predicted molar refractivity (Wildman–Crippen MR) is 98.7 cm³/mol. The van der Waals surface area contributed by atoms with E-state index in [1.54, 1.807) is 19.1 Å². The van der Waals surface area contributed by atoms with E-state index in [0.29, 0.717) is 30.3 Å². The van der Waals surface area contributed by atoms with Gasteiger partial charge in [0, 0.05) is 24.5 Å². The second kappa shape index (κ2) is 8.93. The van der Waals surface area contributed by atoms with E-state index in [1.807, 2.05) is 0 Å². The third-order valence-corrected chi connectivity index (χ3v) is 8.77. The van der Waals surface area contributed by atoms with E-state index in [-0.39, 0.29) is 30.6 Å². The first kappa shape index (κ1) is 21.8. The molecule has 3 N–H and O–H groups in total. The number of nitrogens with zero attached hydrogens (tertiary/aromatic N) is 1. The van der Waals surface area contributed by atoms with Crippen molar-refractivity contribution < 1.29 is 16.8 Å². The molecule has 1 aliphatic rings. The van der Waals surface area contributed by atoms with Gasteiger partial charge in [-0.25, -0.2) is 21.6 Å². The fourth-order valence-corrected chi connectivity index (χ4v) is 6.06. The SMILES string of the molecule is CCS(=O)(=O)NCCc1ccc(S(=O)(=O)N2CCC(CN)C2)s1.Cl. The first-order valence-electron chi connectivity index (χ1n) is 7.54. The average molecular weight is 418 g/mol. The third-order valence-electron chi connectivity index (χ3n) is 3.89. The summed E-state index contributed by atoms with van der Waals surface area (Å²) in [5, 5.41) is 0. The van der Waals surface area contributed by atoms with E-state index in [2.05, 4.69) is 4.72 Å². The lowest BCUT2D eigenvalue weighted by atomic mass is 10.1. The smallest absolute Gasteiger partial charge is 0.252 e. The third kappa shape index (κ3) is 5.38. The number of sulfonamides is 2. The van der Waals surface area contributed by atoms with Crippen molar-refractivity contribution in [2.24, 2.45) is 11.7 Å². The van der Waals surface area contributed by atoms with Gasteiger partial charge in [0.2, 0.25) is 10.0 Å². The lowest BCUT2D eigenvalue weighted by Crippen LogP contribution is -2.29. The van der Waals surface area contributed by atoms with Crippen molar-refractivity contribution in [2.45, 2.75) is 24.0 Å². The number of hydrogen-bond acceptors (Lipinski definition) is 6. The minimum Gasteiger partial charge on any atom is -0.330 e. The largest absolute Gasteiger partial charge is 0.330 e. The van der Waals surface area contributed by atoms with Gasteiger partial charge in [-0.2, -0.15) is 4.31 Å². The van der Waals surface area contributed by atoms with Crippen molar-refractivity contribution in [1.82, 2.24) is 9.03 Å². The molecule has 1 fully saturated rings. The fraction of sp³-hybridized carbons (Fsp3) is 0.692. The Morgan fingerprint density at radius 1 is 1.33 bits per heavy atom. The summed E-state index contributed by atoms with van der Waals surface area (Å²) in [4.78, 5) is 0.844. The first-order valence-corrected chi connectivity index (χ1v) is 11.5. The molecule has 0 radical (unpaired) electrons. The molecule has 0 amide bonds. The van der Waals surface area contributed by atoms with Crippen LogP contribution in [0.3, 0.4) is 0 Å². The molecule has 2 heterocycles. The van der Waals surface area contributed by atoms with Gasteiger partial charge < -0.3 is 5.73 Å². The Bertz CT molecular complexity index is 733. The van der Waals surface area contributed by atoms with Crippen LogP contribution in [0.2, 0.25) is 0 Å². The number of rotatable bonds is 8. The highest BCUT2D eigenvalue weighted by molar-refractivity contribution is 7.91. The van der Waals surface area contributed by atoms with Crippen molar-refractivity contribution in [3.05, 3.63) is 17.0 Å². The van der Waals surface area contributed by atoms with Gasteiger partial charge >= 0.3 is 0 Å². The van der Waals surface area contributed by atoms with Crippen LogP contribution in [-0.2, 0) is 26.5 Å². The Hall–Kier alpha value is -0.230. The minimum atomic E-state index is -3.46. The van der Waals surface area contributed by atoms with Crippen molar-refractivity contribution in [3.63, 3.8) is 0 Å². The second-order valence-electron chi connectivity index (χ2n) is 5.52. The van der Waals surface area contributed by atoms with Crippen LogP contribution in [0.25, 0.3) is 0 Å². The monoisotopic (exact) mass is 417 g/mol. The highest BCUT2D eigenvalue weighted by atomic mass is 35.5. The van der Waals surface area contributed by atoms with Crippen LogP contribution >= 0.6 is 23.7 Å². The van der Waals surface area contributed by atoms with Crippen LogP contribution < -0.4 is 10.5 Å². The molecule has 140 valence electrons. The number of nitrogens with one attached hydrogen (secondary N) is 1. The molecule has 0 aromatic carbocycles. The maximum Gasteiger partial charge on any atom is 0.252 e. The van der Waals surface area contributed by atoms with Crippen molar-refractivity contribution in [3.8, 4) is 0 Å². The number of thiophene rings is 1. The molecule has 1 aromatic rings. The molecule has 1 saturated heterocycles. The zero-order chi connectivity index (χ0) is 17.1. The zero-order valence-electron chi connectivity index (χ0n) is 13.5. The summed E-state index contributed by atoms with van der Waals surface area (Å²) in [5.74, 6) is 0.265. The molecule has 0 spiro atoms. The Balaban J connectivity index is 0.00000288. The van der Waals surface area contributed by atoms with Crippen LogP contribution in [0.4, 0.5) is 0 Å². The first-order chi connectivity index (χ1) is 10.8. The predicted octanol–water partition coefficient (Wildman–Crippen LogP) is 0.621. The van der Waals surface area contributed by atoms with Gasteiger partial charge in [0.15, 0.2) is 0 Å². The van der Waals surface area contributed by atoms with Crippen molar-refractivity contribution >= 4 is 43.8 Å². The Labute approximate surface area is 154 Å². The van der Waals surface area contributed by atoms with E-state index in [4.69, 9.17) is 5.73 Å². The van der Waals surface area contributed by atoms with Crippen molar-refractivity contribution in [2.75, 3.05) is 31.9 Å². The van der Waals surface area contributed by atoms with E-state index in [0.717, 1.165) is 11.3 Å². The van der Waals surface area contributed by atoms with Gasteiger partial charge in [-0.15, -0.1) is 23.7 Å². The molecule has 0 saturated carbocycles. The highest BCUT2D eigenvalue weighted by Gasteiger charge is 2.32. The standard InChI is InChI=1S/C13H23N3O4S3.ClH/c1-2-22(17,18)15-7-5-12-3-4-13(21-12)23(19,20)16-8-6-11(9-14)10-16;/h3-4,11,15H,2,5-10,14H2,1H3;1H. The minimum absolute atomic E-state index is 0. The summed E-state index contributed by atoms with van der Waals surface area (Å²) in [6.45, 7) is 3.33. The lowest BCUT2D eigenvalue weighted by Gasteiger charge is -2.14. The molecular formula is C13H24ClN3O4S3. The molecule has 1 unspecified atom stereocenters. The van der Waals surface area contributed by atoms with Crippen LogP contribution in [0, 0.1) is 5.92 Å².